The summed E-state index contributed by atoms with van der Waals surface area (Å²) in [4.78, 5) is 4.49. The molecule has 0 radical (unpaired) electrons. The van der Waals surface area contributed by atoms with E-state index in [4.69, 9.17) is 4.74 Å². The first-order chi connectivity index (χ1) is 9.36. The van der Waals surface area contributed by atoms with E-state index in [-0.39, 0.29) is 0 Å². The Morgan fingerprint density at radius 2 is 1.63 bits per heavy atom. The summed E-state index contributed by atoms with van der Waals surface area (Å²) in [7, 11) is 0. The Balaban J connectivity index is 2.14. The summed E-state index contributed by atoms with van der Waals surface area (Å²) in [5.41, 5.74) is 0. The van der Waals surface area contributed by atoms with Crippen LogP contribution in [0.1, 0.15) is 39.5 Å². The Labute approximate surface area is 117 Å². The van der Waals surface area contributed by atoms with Gasteiger partial charge >= 0.3 is 0 Å². The molecule has 0 spiro atoms. The fourth-order valence-electron chi connectivity index (χ4n) is 1.62. The van der Waals surface area contributed by atoms with E-state index in [1.54, 1.807) is 0 Å². The summed E-state index contributed by atoms with van der Waals surface area (Å²) in [5, 5.41) is 6.60. The number of pyridine rings is 1. The van der Waals surface area contributed by atoms with E-state index < -0.39 is 0 Å². The van der Waals surface area contributed by atoms with Gasteiger partial charge in [0.25, 0.3) is 0 Å². The third-order valence-corrected chi connectivity index (χ3v) is 2.72. The van der Waals surface area contributed by atoms with Gasteiger partial charge in [0.05, 0.1) is 0 Å². The molecule has 0 amide bonds. The van der Waals surface area contributed by atoms with Crippen molar-refractivity contribution in [2.75, 3.05) is 36.9 Å². The van der Waals surface area contributed by atoms with Crippen molar-refractivity contribution >= 4 is 11.6 Å². The first-order valence-corrected chi connectivity index (χ1v) is 7.39. The van der Waals surface area contributed by atoms with Gasteiger partial charge in [0.15, 0.2) is 0 Å². The van der Waals surface area contributed by atoms with Crippen molar-refractivity contribution in [1.82, 2.24) is 4.98 Å². The molecule has 0 unspecified atom stereocenters. The Kier molecular flexibility index (Phi) is 8.81. The number of aromatic nitrogens is 1. The maximum atomic E-state index is 5.52. The summed E-state index contributed by atoms with van der Waals surface area (Å²) in [5.74, 6) is 1.86. The van der Waals surface area contributed by atoms with Crippen LogP contribution in [0.15, 0.2) is 18.2 Å². The molecule has 1 aromatic heterocycles. The van der Waals surface area contributed by atoms with Gasteiger partial charge in [0, 0.05) is 26.3 Å². The van der Waals surface area contributed by atoms with Crippen LogP contribution in [0.2, 0.25) is 0 Å². The van der Waals surface area contributed by atoms with Crippen molar-refractivity contribution < 1.29 is 4.74 Å². The van der Waals surface area contributed by atoms with Gasteiger partial charge in [-0.15, -0.1) is 0 Å². The van der Waals surface area contributed by atoms with Crippen molar-refractivity contribution in [2.24, 2.45) is 0 Å². The quantitative estimate of drug-likeness (QED) is 0.601. The van der Waals surface area contributed by atoms with Crippen LogP contribution < -0.4 is 10.6 Å². The van der Waals surface area contributed by atoms with Crippen molar-refractivity contribution in [3.63, 3.8) is 0 Å². The summed E-state index contributed by atoms with van der Waals surface area (Å²) in [6.45, 7) is 7.88. The number of nitrogens with one attached hydrogen (secondary N) is 2. The van der Waals surface area contributed by atoms with Crippen LogP contribution in [-0.2, 0) is 4.74 Å². The predicted molar refractivity (Wildman–Crippen MR) is 81.9 cm³/mol. The fraction of sp³-hybridized carbons (Fsp3) is 0.667. The molecule has 0 fully saturated rings. The molecular weight excluding hydrogens is 238 g/mol. The molecule has 0 aliphatic heterocycles. The molecule has 0 saturated carbocycles. The largest absolute Gasteiger partial charge is 0.381 e. The third-order valence-electron chi connectivity index (χ3n) is 2.72. The van der Waals surface area contributed by atoms with Gasteiger partial charge in [-0.05, 0) is 31.4 Å². The zero-order valence-corrected chi connectivity index (χ0v) is 12.2. The normalized spacial score (nSPS) is 10.4. The van der Waals surface area contributed by atoms with Crippen LogP contribution in [-0.4, -0.2) is 31.3 Å². The molecule has 0 atom stereocenters. The van der Waals surface area contributed by atoms with Gasteiger partial charge in [-0.25, -0.2) is 4.98 Å². The molecule has 0 saturated heterocycles. The van der Waals surface area contributed by atoms with E-state index in [2.05, 4.69) is 29.5 Å². The van der Waals surface area contributed by atoms with Crippen LogP contribution >= 0.6 is 0 Å². The topological polar surface area (TPSA) is 46.2 Å². The number of anilines is 2. The molecule has 19 heavy (non-hydrogen) atoms. The fourth-order valence-corrected chi connectivity index (χ4v) is 1.62. The Bertz CT molecular complexity index is 331. The zero-order valence-electron chi connectivity index (χ0n) is 12.2. The average molecular weight is 265 g/mol. The second-order valence-electron chi connectivity index (χ2n) is 4.58. The molecule has 4 nitrogen and oxygen atoms in total. The van der Waals surface area contributed by atoms with Crippen molar-refractivity contribution in [2.45, 2.75) is 39.5 Å². The standard InChI is InChI=1S/C15H27N3O/c1-3-5-12-19-13-7-11-17-15-9-6-8-14(18-15)16-10-4-2/h6,8-9H,3-5,7,10-13H2,1-2H3,(H2,16,17,18). The van der Waals surface area contributed by atoms with Gasteiger partial charge in [0.2, 0.25) is 0 Å². The van der Waals surface area contributed by atoms with Gasteiger partial charge in [0.1, 0.15) is 11.6 Å². The lowest BCUT2D eigenvalue weighted by atomic mass is 10.3. The molecule has 2 N–H and O–H groups in total. The molecule has 1 heterocycles. The molecule has 108 valence electrons. The first kappa shape index (κ1) is 15.8. The lowest BCUT2D eigenvalue weighted by Crippen LogP contribution is -2.08. The van der Waals surface area contributed by atoms with Crippen molar-refractivity contribution in [3.05, 3.63) is 18.2 Å². The molecule has 4 heteroatoms. The predicted octanol–water partition coefficient (Wildman–Crippen LogP) is 3.52. The molecule has 0 aromatic carbocycles. The molecule has 1 aromatic rings. The van der Waals surface area contributed by atoms with Crippen LogP contribution in [0.5, 0.6) is 0 Å². The molecule has 1 rings (SSSR count). The zero-order chi connectivity index (χ0) is 13.8. The van der Waals surface area contributed by atoms with E-state index in [1.165, 1.54) is 6.42 Å². The Hall–Kier alpha value is -1.29. The molecular formula is C15H27N3O. The average Bonchev–Trinajstić information content (AvgIpc) is 2.44. The summed E-state index contributed by atoms with van der Waals surface area (Å²) >= 11 is 0. The lowest BCUT2D eigenvalue weighted by Gasteiger charge is -2.08. The number of ether oxygens (including phenoxy) is 1. The second-order valence-corrected chi connectivity index (χ2v) is 4.58. The monoisotopic (exact) mass is 265 g/mol. The Morgan fingerprint density at radius 3 is 2.32 bits per heavy atom. The highest BCUT2D eigenvalue weighted by Crippen LogP contribution is 2.09. The summed E-state index contributed by atoms with van der Waals surface area (Å²) in [6, 6.07) is 6.01. The van der Waals surface area contributed by atoms with Gasteiger partial charge in [-0.1, -0.05) is 26.3 Å². The van der Waals surface area contributed by atoms with Gasteiger partial charge in [-0.2, -0.15) is 0 Å². The van der Waals surface area contributed by atoms with E-state index in [0.717, 1.165) is 57.2 Å². The lowest BCUT2D eigenvalue weighted by molar-refractivity contribution is 0.131. The molecule has 0 aliphatic carbocycles. The molecule has 0 aliphatic rings. The second kappa shape index (κ2) is 10.6. The number of rotatable bonds is 11. The SMILES string of the molecule is CCCCOCCCNc1cccc(NCCC)n1. The summed E-state index contributed by atoms with van der Waals surface area (Å²) in [6.07, 6.45) is 4.46. The third kappa shape index (κ3) is 7.67. The highest BCUT2D eigenvalue weighted by atomic mass is 16.5. The van der Waals surface area contributed by atoms with E-state index in [0.29, 0.717) is 0 Å². The van der Waals surface area contributed by atoms with E-state index >= 15 is 0 Å². The van der Waals surface area contributed by atoms with Crippen LogP contribution in [0.4, 0.5) is 11.6 Å². The first-order valence-electron chi connectivity index (χ1n) is 7.39. The highest BCUT2D eigenvalue weighted by molar-refractivity contribution is 5.44. The van der Waals surface area contributed by atoms with Crippen molar-refractivity contribution in [1.29, 1.82) is 0 Å². The number of hydrogen-bond acceptors (Lipinski definition) is 4. The smallest absolute Gasteiger partial charge is 0.128 e. The number of unbranched alkanes of at least 4 members (excludes halogenated alkanes) is 1. The van der Waals surface area contributed by atoms with Crippen LogP contribution in [0.25, 0.3) is 0 Å². The molecule has 0 bridgehead atoms. The summed E-state index contributed by atoms with van der Waals surface area (Å²) < 4.78 is 5.52. The van der Waals surface area contributed by atoms with Gasteiger partial charge in [-0.3, -0.25) is 0 Å². The maximum Gasteiger partial charge on any atom is 0.128 e. The minimum Gasteiger partial charge on any atom is -0.381 e. The van der Waals surface area contributed by atoms with Crippen LogP contribution in [0.3, 0.4) is 0 Å². The number of nitrogens with zero attached hydrogens (tertiary/aromatic N) is 1. The van der Waals surface area contributed by atoms with E-state index in [1.807, 2.05) is 18.2 Å². The number of hydrogen-bond donors (Lipinski definition) is 2. The minimum absolute atomic E-state index is 0.820. The van der Waals surface area contributed by atoms with Crippen molar-refractivity contribution in [3.8, 4) is 0 Å². The Morgan fingerprint density at radius 1 is 0.947 bits per heavy atom. The maximum absolute atomic E-state index is 5.52. The van der Waals surface area contributed by atoms with E-state index in [9.17, 15) is 0 Å². The van der Waals surface area contributed by atoms with Crippen LogP contribution in [0, 0.1) is 0 Å². The minimum atomic E-state index is 0.820. The highest BCUT2D eigenvalue weighted by Gasteiger charge is 1.96. The van der Waals surface area contributed by atoms with Gasteiger partial charge < -0.3 is 15.4 Å².